The lowest BCUT2D eigenvalue weighted by atomic mass is 9.64. The van der Waals surface area contributed by atoms with Crippen molar-refractivity contribution in [3.8, 4) is 0 Å². The molecule has 0 bridgehead atoms. The van der Waals surface area contributed by atoms with Gasteiger partial charge in [-0.3, -0.25) is 19.3 Å². The number of amides is 4. The highest BCUT2D eigenvalue weighted by atomic mass is 19.1. The van der Waals surface area contributed by atoms with Gasteiger partial charge in [0, 0.05) is 0 Å². The molecule has 1 aliphatic carbocycles. The monoisotopic (exact) mass is 461 g/mol. The zero-order valence-electron chi connectivity index (χ0n) is 19.7. The summed E-state index contributed by atoms with van der Waals surface area (Å²) in [5.74, 6) is -1.96. The average molecular weight is 462 g/mol. The van der Waals surface area contributed by atoms with Gasteiger partial charge >= 0.3 is 12.0 Å². The number of hydrogen-bond donors (Lipinski definition) is 2. The molecule has 2 fully saturated rings. The van der Waals surface area contributed by atoms with Gasteiger partial charge in [-0.05, 0) is 62.1 Å². The quantitative estimate of drug-likeness (QED) is 0.500. The maximum Gasteiger partial charge on any atom is 0.327 e. The van der Waals surface area contributed by atoms with Crippen LogP contribution in [0.1, 0.15) is 65.5 Å². The Morgan fingerprint density at radius 3 is 2.45 bits per heavy atom. The molecule has 8 nitrogen and oxygen atoms in total. The van der Waals surface area contributed by atoms with E-state index in [1.54, 1.807) is 19.1 Å². The molecule has 4 atom stereocenters. The molecule has 0 aromatic heterocycles. The van der Waals surface area contributed by atoms with Crippen LogP contribution >= 0.6 is 0 Å². The van der Waals surface area contributed by atoms with Crippen molar-refractivity contribution in [2.75, 3.05) is 6.54 Å². The van der Waals surface area contributed by atoms with E-state index in [4.69, 9.17) is 4.74 Å². The normalized spacial score (nSPS) is 26.0. The van der Waals surface area contributed by atoms with Crippen molar-refractivity contribution in [1.29, 1.82) is 0 Å². The van der Waals surface area contributed by atoms with Crippen LogP contribution in [0.2, 0.25) is 0 Å². The van der Waals surface area contributed by atoms with Crippen LogP contribution in [0, 0.1) is 17.2 Å². The van der Waals surface area contributed by atoms with Gasteiger partial charge < -0.3 is 15.4 Å². The Kier molecular flexibility index (Phi) is 6.81. The van der Waals surface area contributed by atoms with Gasteiger partial charge in [-0.1, -0.05) is 32.9 Å². The topological polar surface area (TPSA) is 105 Å². The van der Waals surface area contributed by atoms with Gasteiger partial charge in [0.1, 0.15) is 17.9 Å². The van der Waals surface area contributed by atoms with Gasteiger partial charge in [0.05, 0.1) is 6.04 Å². The Hall–Kier alpha value is -2.97. The number of imide groups is 1. The van der Waals surface area contributed by atoms with Gasteiger partial charge in [0.2, 0.25) is 0 Å². The van der Waals surface area contributed by atoms with E-state index in [-0.39, 0.29) is 17.2 Å². The first-order valence-electron chi connectivity index (χ1n) is 11.2. The number of benzene rings is 1. The van der Waals surface area contributed by atoms with Crippen LogP contribution in [0.3, 0.4) is 0 Å². The maximum absolute atomic E-state index is 13.1. The summed E-state index contributed by atoms with van der Waals surface area (Å²) in [5.41, 5.74) is -0.436. The first-order valence-corrected chi connectivity index (χ1v) is 11.2. The third-order valence-corrected chi connectivity index (χ3v) is 6.32. The lowest BCUT2D eigenvalue weighted by Gasteiger charge is -2.43. The highest BCUT2D eigenvalue weighted by Gasteiger charge is 2.56. The smallest absolute Gasteiger partial charge is 0.327 e. The predicted molar refractivity (Wildman–Crippen MR) is 118 cm³/mol. The zero-order valence-corrected chi connectivity index (χ0v) is 19.7. The van der Waals surface area contributed by atoms with E-state index in [9.17, 15) is 23.6 Å². The molecule has 1 aliphatic heterocycles. The molecular weight excluding hydrogens is 429 g/mol. The van der Waals surface area contributed by atoms with Crippen LogP contribution in [0.5, 0.6) is 0 Å². The zero-order chi connectivity index (χ0) is 24.6. The molecule has 1 aromatic carbocycles. The fourth-order valence-electron chi connectivity index (χ4n) is 5.23. The second kappa shape index (κ2) is 9.11. The number of nitrogens with zero attached hydrogens (tertiary/aromatic N) is 1. The van der Waals surface area contributed by atoms with E-state index in [2.05, 4.69) is 24.5 Å². The number of esters is 1. The summed E-state index contributed by atoms with van der Waals surface area (Å²) in [6, 6.07) is 4.64. The van der Waals surface area contributed by atoms with Gasteiger partial charge in [-0.25, -0.2) is 9.18 Å². The van der Waals surface area contributed by atoms with E-state index in [1.165, 1.54) is 19.1 Å². The summed E-state index contributed by atoms with van der Waals surface area (Å²) in [7, 11) is 0. The van der Waals surface area contributed by atoms with Crippen LogP contribution in [0.25, 0.3) is 0 Å². The number of nitrogens with one attached hydrogen (secondary N) is 2. The summed E-state index contributed by atoms with van der Waals surface area (Å²) < 4.78 is 18.3. The summed E-state index contributed by atoms with van der Waals surface area (Å²) >= 11 is 0. The Morgan fingerprint density at radius 2 is 1.85 bits per heavy atom. The molecule has 4 unspecified atom stereocenters. The van der Waals surface area contributed by atoms with Crippen molar-refractivity contribution in [3.63, 3.8) is 0 Å². The van der Waals surface area contributed by atoms with E-state index in [1.807, 2.05) is 6.92 Å². The standard InChI is InChI=1S/C24H32FN3O5/c1-14-10-23(4,5)13-24(11-14)21(31)28(22(32)27-24)12-19(29)33-16(3)20(30)26-15(2)17-6-8-18(25)9-7-17/h6-9,14-16H,10-13H2,1-5H3,(H,26,30)(H,27,32). The minimum Gasteiger partial charge on any atom is -0.451 e. The molecule has 1 saturated carbocycles. The van der Waals surface area contributed by atoms with Crippen LogP contribution in [-0.2, 0) is 19.1 Å². The Balaban J connectivity index is 1.57. The van der Waals surface area contributed by atoms with Crippen molar-refractivity contribution in [2.45, 2.75) is 71.6 Å². The molecule has 1 heterocycles. The number of hydrogen-bond acceptors (Lipinski definition) is 5. The summed E-state index contributed by atoms with van der Waals surface area (Å²) in [6.07, 6.45) is 0.833. The summed E-state index contributed by atoms with van der Waals surface area (Å²) in [5, 5.41) is 5.50. The van der Waals surface area contributed by atoms with Gasteiger partial charge in [0.25, 0.3) is 11.8 Å². The first-order chi connectivity index (χ1) is 15.3. The highest BCUT2D eigenvalue weighted by molar-refractivity contribution is 6.08. The minimum atomic E-state index is -1.14. The van der Waals surface area contributed by atoms with Crippen LogP contribution in [0.4, 0.5) is 9.18 Å². The van der Waals surface area contributed by atoms with Crippen LogP contribution in [0.15, 0.2) is 24.3 Å². The fraction of sp³-hybridized carbons (Fsp3) is 0.583. The molecule has 1 spiro atoms. The van der Waals surface area contributed by atoms with Crippen molar-refractivity contribution in [1.82, 2.24) is 15.5 Å². The Bertz CT molecular complexity index is 948. The lowest BCUT2D eigenvalue weighted by molar-refractivity contribution is -0.157. The van der Waals surface area contributed by atoms with Crippen molar-refractivity contribution >= 4 is 23.8 Å². The number of carbonyl (C=O) groups is 4. The third kappa shape index (κ3) is 5.51. The maximum atomic E-state index is 13.1. The second-order valence-corrected chi connectivity index (χ2v) is 10.2. The minimum absolute atomic E-state index is 0.120. The average Bonchev–Trinajstić information content (AvgIpc) is 2.89. The Labute approximate surface area is 193 Å². The number of ether oxygens (including phenoxy) is 1. The molecule has 9 heteroatoms. The molecule has 3 rings (SSSR count). The highest BCUT2D eigenvalue weighted by Crippen LogP contribution is 2.46. The largest absolute Gasteiger partial charge is 0.451 e. The van der Waals surface area contributed by atoms with E-state index in [0.29, 0.717) is 18.4 Å². The van der Waals surface area contributed by atoms with Crippen molar-refractivity contribution < 1.29 is 28.3 Å². The summed E-state index contributed by atoms with van der Waals surface area (Å²) in [6.45, 7) is 8.74. The van der Waals surface area contributed by atoms with Crippen molar-refractivity contribution in [2.24, 2.45) is 11.3 Å². The van der Waals surface area contributed by atoms with Gasteiger partial charge in [-0.2, -0.15) is 0 Å². The number of urea groups is 1. The third-order valence-electron chi connectivity index (χ3n) is 6.32. The van der Waals surface area contributed by atoms with E-state index in [0.717, 1.165) is 11.3 Å². The molecule has 1 aromatic rings. The predicted octanol–water partition coefficient (Wildman–Crippen LogP) is 3.07. The molecular formula is C24H32FN3O5. The number of rotatable bonds is 6. The molecule has 2 aliphatic rings. The molecule has 180 valence electrons. The number of carbonyl (C=O) groups excluding carboxylic acids is 4. The lowest BCUT2D eigenvalue weighted by Crippen LogP contribution is -2.54. The van der Waals surface area contributed by atoms with Crippen LogP contribution < -0.4 is 10.6 Å². The van der Waals surface area contributed by atoms with Gasteiger partial charge in [-0.15, -0.1) is 0 Å². The van der Waals surface area contributed by atoms with E-state index >= 15 is 0 Å². The first kappa shape index (κ1) is 24.7. The van der Waals surface area contributed by atoms with Gasteiger partial charge in [0.15, 0.2) is 6.10 Å². The van der Waals surface area contributed by atoms with Crippen LogP contribution in [-0.4, -0.2) is 46.9 Å². The molecule has 0 radical (unpaired) electrons. The fourth-order valence-corrected chi connectivity index (χ4v) is 5.23. The summed E-state index contributed by atoms with van der Waals surface area (Å²) in [4.78, 5) is 51.4. The molecule has 2 N–H and O–H groups in total. The molecule has 4 amide bonds. The second-order valence-electron chi connectivity index (χ2n) is 10.2. The SMILES string of the molecule is CC1CC(C)(C)CC2(C1)NC(=O)N(CC(=O)OC(C)C(=O)NC(C)c1ccc(F)cc1)C2=O. The molecule has 1 saturated heterocycles. The molecule has 33 heavy (non-hydrogen) atoms. The number of halogens is 1. The Morgan fingerprint density at radius 1 is 1.21 bits per heavy atom. The van der Waals surface area contributed by atoms with E-state index < -0.39 is 48.0 Å². The van der Waals surface area contributed by atoms with Crippen molar-refractivity contribution in [3.05, 3.63) is 35.6 Å².